The van der Waals surface area contributed by atoms with Gasteiger partial charge in [0, 0.05) is 24.7 Å². The number of nitrogens with zero attached hydrogens (tertiary/aromatic N) is 1. The standard InChI is InChI=1S/C28H29F2NO6.ClH/c1-34-25-14-18-10-12-31(11-3-13-36-20-5-7-21(8-6-20)37-17-27(32)33)28(23(18)16-26(25)35-2)22-9-4-19(29)15-24(22)30;/h4-9,14-16,28H,3,10-13,17H2,1-2H3,(H,32,33);1H. The Bertz CT molecular complexity index is 1240. The van der Waals surface area contributed by atoms with Crippen LogP contribution in [0.25, 0.3) is 0 Å². The number of benzene rings is 3. The number of carbonyl (C=O) groups is 1. The van der Waals surface area contributed by atoms with Gasteiger partial charge in [-0.15, -0.1) is 12.4 Å². The maximum atomic E-state index is 15.0. The Morgan fingerprint density at radius 3 is 2.24 bits per heavy atom. The summed E-state index contributed by atoms with van der Waals surface area (Å²) >= 11 is 0. The Hall–Kier alpha value is -3.56. The summed E-state index contributed by atoms with van der Waals surface area (Å²) in [6, 6.07) is 13.8. The number of rotatable bonds is 11. The average Bonchev–Trinajstić information content (AvgIpc) is 2.90. The van der Waals surface area contributed by atoms with Crippen LogP contribution in [-0.4, -0.2) is 56.5 Å². The van der Waals surface area contributed by atoms with Crippen molar-refractivity contribution in [3.05, 3.63) is 82.9 Å². The van der Waals surface area contributed by atoms with Crippen LogP contribution in [0.5, 0.6) is 23.0 Å². The zero-order valence-electron chi connectivity index (χ0n) is 21.1. The quantitative estimate of drug-likeness (QED) is 0.326. The molecule has 0 saturated carbocycles. The minimum atomic E-state index is -1.04. The number of carboxylic acids is 1. The zero-order chi connectivity index (χ0) is 26.4. The first-order valence-corrected chi connectivity index (χ1v) is 11.9. The van der Waals surface area contributed by atoms with Crippen molar-refractivity contribution in [2.75, 3.05) is 40.5 Å². The predicted octanol–water partition coefficient (Wildman–Crippen LogP) is 5.28. The van der Waals surface area contributed by atoms with Crippen LogP contribution in [0.4, 0.5) is 8.78 Å². The number of carboxylic acid groups (broad SMARTS) is 1. The van der Waals surface area contributed by atoms with Gasteiger partial charge in [-0.2, -0.15) is 0 Å². The molecule has 4 rings (SSSR count). The number of fused-ring (bicyclic) bond motifs is 1. The Labute approximate surface area is 226 Å². The van der Waals surface area contributed by atoms with Gasteiger partial charge >= 0.3 is 5.97 Å². The second kappa shape index (κ2) is 13.3. The molecule has 204 valence electrons. The van der Waals surface area contributed by atoms with Crippen molar-refractivity contribution in [3.63, 3.8) is 0 Å². The molecule has 1 N–H and O–H groups in total. The summed E-state index contributed by atoms with van der Waals surface area (Å²) in [5, 5.41) is 8.70. The number of aliphatic carboxylic acids is 1. The highest BCUT2D eigenvalue weighted by atomic mass is 35.5. The van der Waals surface area contributed by atoms with E-state index in [1.165, 1.54) is 12.1 Å². The van der Waals surface area contributed by atoms with E-state index in [0.717, 1.165) is 23.6 Å². The fourth-order valence-corrected chi connectivity index (χ4v) is 4.56. The molecule has 0 radical (unpaired) electrons. The summed E-state index contributed by atoms with van der Waals surface area (Å²) in [7, 11) is 3.13. The molecule has 0 aliphatic carbocycles. The van der Waals surface area contributed by atoms with Gasteiger partial charge in [0.25, 0.3) is 0 Å². The predicted molar refractivity (Wildman–Crippen MR) is 140 cm³/mol. The van der Waals surface area contributed by atoms with Crippen LogP contribution >= 0.6 is 12.4 Å². The molecule has 0 bridgehead atoms. The molecule has 0 spiro atoms. The van der Waals surface area contributed by atoms with Crippen LogP contribution in [0.2, 0.25) is 0 Å². The number of methoxy groups -OCH3 is 2. The zero-order valence-corrected chi connectivity index (χ0v) is 21.9. The fourth-order valence-electron chi connectivity index (χ4n) is 4.56. The summed E-state index contributed by atoms with van der Waals surface area (Å²) in [6.45, 7) is 1.31. The largest absolute Gasteiger partial charge is 0.494 e. The van der Waals surface area contributed by atoms with Gasteiger partial charge in [0.15, 0.2) is 18.1 Å². The lowest BCUT2D eigenvalue weighted by Gasteiger charge is -2.38. The molecule has 3 aromatic carbocycles. The molecule has 1 unspecified atom stereocenters. The number of hydrogen-bond donors (Lipinski definition) is 1. The van der Waals surface area contributed by atoms with Crippen molar-refractivity contribution in [1.29, 1.82) is 0 Å². The summed E-state index contributed by atoms with van der Waals surface area (Å²) in [5.41, 5.74) is 2.32. The highest BCUT2D eigenvalue weighted by Gasteiger charge is 2.32. The van der Waals surface area contributed by atoms with Gasteiger partial charge in [-0.1, -0.05) is 6.07 Å². The minimum absolute atomic E-state index is 0. The monoisotopic (exact) mass is 549 g/mol. The first kappa shape index (κ1) is 29.0. The first-order valence-electron chi connectivity index (χ1n) is 11.9. The van der Waals surface area contributed by atoms with E-state index in [2.05, 4.69) is 4.90 Å². The third-order valence-electron chi connectivity index (χ3n) is 6.28. The van der Waals surface area contributed by atoms with E-state index in [-0.39, 0.29) is 12.4 Å². The fraction of sp³-hybridized carbons (Fsp3) is 0.321. The van der Waals surface area contributed by atoms with Crippen molar-refractivity contribution in [2.24, 2.45) is 0 Å². The maximum Gasteiger partial charge on any atom is 0.341 e. The summed E-state index contributed by atoms with van der Waals surface area (Å²) in [6.07, 6.45) is 1.41. The van der Waals surface area contributed by atoms with Crippen molar-refractivity contribution in [2.45, 2.75) is 18.9 Å². The molecule has 1 aliphatic rings. The molecule has 1 atom stereocenters. The van der Waals surface area contributed by atoms with Gasteiger partial charge in [-0.3, -0.25) is 4.90 Å². The van der Waals surface area contributed by atoms with E-state index in [9.17, 15) is 13.6 Å². The van der Waals surface area contributed by atoms with Crippen molar-refractivity contribution >= 4 is 18.4 Å². The van der Waals surface area contributed by atoms with Crippen LogP contribution in [0, 0.1) is 11.6 Å². The van der Waals surface area contributed by atoms with Crippen molar-refractivity contribution in [1.82, 2.24) is 4.90 Å². The van der Waals surface area contributed by atoms with Crippen LogP contribution in [-0.2, 0) is 11.2 Å². The van der Waals surface area contributed by atoms with Crippen LogP contribution in [0.1, 0.15) is 29.2 Å². The molecule has 0 saturated heterocycles. The van der Waals surface area contributed by atoms with E-state index in [4.69, 9.17) is 24.1 Å². The number of halogens is 3. The molecule has 1 heterocycles. The molecule has 0 amide bonds. The summed E-state index contributed by atoms with van der Waals surface area (Å²) < 4.78 is 50.6. The van der Waals surface area contributed by atoms with Gasteiger partial charge < -0.3 is 24.1 Å². The lowest BCUT2D eigenvalue weighted by molar-refractivity contribution is -0.139. The van der Waals surface area contributed by atoms with Crippen LogP contribution in [0.15, 0.2) is 54.6 Å². The average molecular weight is 550 g/mol. The lowest BCUT2D eigenvalue weighted by atomic mass is 9.87. The maximum absolute atomic E-state index is 15.0. The molecule has 7 nitrogen and oxygen atoms in total. The van der Waals surface area contributed by atoms with E-state index < -0.39 is 30.3 Å². The molecular weight excluding hydrogens is 520 g/mol. The van der Waals surface area contributed by atoms with Crippen molar-refractivity contribution < 1.29 is 37.6 Å². The Kier molecular flexibility index (Phi) is 10.2. The Balaban J connectivity index is 0.00000400. The molecular formula is C28H30ClF2NO6. The van der Waals surface area contributed by atoms with E-state index in [1.54, 1.807) is 38.5 Å². The molecule has 1 aliphatic heterocycles. The third-order valence-corrected chi connectivity index (χ3v) is 6.28. The van der Waals surface area contributed by atoms with E-state index in [0.29, 0.717) is 54.7 Å². The highest BCUT2D eigenvalue weighted by molar-refractivity contribution is 5.85. The molecule has 38 heavy (non-hydrogen) atoms. The van der Waals surface area contributed by atoms with E-state index in [1.807, 2.05) is 12.1 Å². The Morgan fingerprint density at radius 2 is 1.61 bits per heavy atom. The number of hydrogen-bond acceptors (Lipinski definition) is 6. The molecule has 3 aromatic rings. The molecule has 0 aromatic heterocycles. The Morgan fingerprint density at radius 1 is 0.947 bits per heavy atom. The van der Waals surface area contributed by atoms with Gasteiger partial charge in [0.05, 0.1) is 26.9 Å². The second-order valence-electron chi connectivity index (χ2n) is 8.62. The number of ether oxygens (including phenoxy) is 4. The van der Waals surface area contributed by atoms with E-state index >= 15 is 0 Å². The van der Waals surface area contributed by atoms with Crippen LogP contribution in [0.3, 0.4) is 0 Å². The van der Waals surface area contributed by atoms with Gasteiger partial charge in [0.2, 0.25) is 0 Å². The summed E-state index contributed by atoms with van der Waals surface area (Å²) in [4.78, 5) is 12.8. The minimum Gasteiger partial charge on any atom is -0.494 e. The smallest absolute Gasteiger partial charge is 0.341 e. The normalized spacial score (nSPS) is 14.7. The SMILES string of the molecule is COc1cc2c(cc1OC)C(c1ccc(F)cc1F)N(CCCOc1ccc(OCC(=O)O)cc1)CC2.Cl. The van der Waals surface area contributed by atoms with Gasteiger partial charge in [0.1, 0.15) is 23.1 Å². The van der Waals surface area contributed by atoms with Crippen LogP contribution < -0.4 is 18.9 Å². The third kappa shape index (κ3) is 6.85. The highest BCUT2D eigenvalue weighted by Crippen LogP contribution is 2.41. The lowest BCUT2D eigenvalue weighted by Crippen LogP contribution is -2.37. The summed E-state index contributed by atoms with van der Waals surface area (Å²) in [5.74, 6) is -0.0294. The van der Waals surface area contributed by atoms with Gasteiger partial charge in [-0.05, 0) is 66.4 Å². The van der Waals surface area contributed by atoms with Crippen molar-refractivity contribution in [3.8, 4) is 23.0 Å². The first-order chi connectivity index (χ1) is 17.9. The molecule has 10 heteroatoms. The topological polar surface area (TPSA) is 77.5 Å². The van der Waals surface area contributed by atoms with Gasteiger partial charge in [-0.25, -0.2) is 13.6 Å². The molecule has 0 fully saturated rings. The second-order valence-corrected chi connectivity index (χ2v) is 8.62.